The van der Waals surface area contributed by atoms with Crippen molar-refractivity contribution in [2.45, 2.75) is 26.2 Å². The molecule has 27 heavy (non-hydrogen) atoms. The van der Waals surface area contributed by atoms with Crippen molar-refractivity contribution < 1.29 is 4.74 Å². The summed E-state index contributed by atoms with van der Waals surface area (Å²) >= 11 is 0. The van der Waals surface area contributed by atoms with Crippen molar-refractivity contribution in [2.24, 2.45) is 5.92 Å². The molecule has 0 saturated carbocycles. The molecule has 0 unspecified atom stereocenters. The summed E-state index contributed by atoms with van der Waals surface area (Å²) in [6, 6.07) is 12.3. The van der Waals surface area contributed by atoms with Gasteiger partial charge in [-0.05, 0) is 62.4 Å². The van der Waals surface area contributed by atoms with Crippen LogP contribution in [0.3, 0.4) is 0 Å². The zero-order chi connectivity index (χ0) is 18.2. The molecule has 1 aromatic carbocycles. The van der Waals surface area contributed by atoms with E-state index >= 15 is 0 Å². The van der Waals surface area contributed by atoms with Crippen molar-refractivity contribution >= 4 is 28.2 Å². The van der Waals surface area contributed by atoms with Crippen molar-refractivity contribution in [3.8, 4) is 0 Å². The van der Waals surface area contributed by atoms with Crippen molar-refractivity contribution in [3.05, 3.63) is 47.8 Å². The molecule has 0 atom stereocenters. The first-order valence-electron chi connectivity index (χ1n) is 9.40. The van der Waals surface area contributed by atoms with E-state index in [0.29, 0.717) is 11.9 Å². The average Bonchev–Trinajstić information content (AvgIpc) is 3.26. The Bertz CT molecular complexity index is 1090. The van der Waals surface area contributed by atoms with Gasteiger partial charge < -0.3 is 10.1 Å². The lowest BCUT2D eigenvalue weighted by atomic mass is 9.95. The SMILES string of the molecule is Cc1[nH]nc2cc(Nc3nc4cccc(CC5CCOCC5)n4n3)ccc12. The molecule has 3 aromatic heterocycles. The number of anilines is 2. The maximum Gasteiger partial charge on any atom is 0.247 e. The van der Waals surface area contributed by atoms with Crippen LogP contribution >= 0.6 is 0 Å². The minimum absolute atomic E-state index is 0.598. The number of benzene rings is 1. The molecule has 2 N–H and O–H groups in total. The van der Waals surface area contributed by atoms with Crippen LogP contribution in [0.2, 0.25) is 0 Å². The molecule has 0 radical (unpaired) electrons. The van der Waals surface area contributed by atoms with Gasteiger partial charge in [-0.3, -0.25) is 5.10 Å². The number of fused-ring (bicyclic) bond motifs is 2. The number of hydrogen-bond donors (Lipinski definition) is 2. The first kappa shape index (κ1) is 16.3. The molecule has 4 aromatic rings. The van der Waals surface area contributed by atoms with Crippen LogP contribution in [-0.4, -0.2) is 38.0 Å². The van der Waals surface area contributed by atoms with Crippen molar-refractivity contribution in [1.82, 2.24) is 24.8 Å². The van der Waals surface area contributed by atoms with E-state index in [1.54, 1.807) is 0 Å². The highest BCUT2D eigenvalue weighted by molar-refractivity contribution is 5.84. The van der Waals surface area contributed by atoms with Crippen molar-refractivity contribution in [3.63, 3.8) is 0 Å². The highest BCUT2D eigenvalue weighted by Gasteiger charge is 2.17. The van der Waals surface area contributed by atoms with Gasteiger partial charge in [0.25, 0.3) is 0 Å². The van der Waals surface area contributed by atoms with Crippen LogP contribution in [0.25, 0.3) is 16.6 Å². The van der Waals surface area contributed by atoms with Crippen molar-refractivity contribution in [2.75, 3.05) is 18.5 Å². The maximum absolute atomic E-state index is 5.48. The Morgan fingerprint density at radius 2 is 2.11 bits per heavy atom. The zero-order valence-corrected chi connectivity index (χ0v) is 15.3. The fraction of sp³-hybridized carbons (Fsp3) is 0.350. The first-order valence-corrected chi connectivity index (χ1v) is 9.40. The van der Waals surface area contributed by atoms with E-state index in [0.717, 1.165) is 60.4 Å². The van der Waals surface area contributed by atoms with E-state index in [9.17, 15) is 0 Å². The summed E-state index contributed by atoms with van der Waals surface area (Å²) in [5, 5.41) is 16.5. The van der Waals surface area contributed by atoms with Crippen LogP contribution in [0.15, 0.2) is 36.4 Å². The van der Waals surface area contributed by atoms with Crippen molar-refractivity contribution in [1.29, 1.82) is 0 Å². The minimum Gasteiger partial charge on any atom is -0.381 e. The Labute approximate surface area is 156 Å². The molecule has 7 nitrogen and oxygen atoms in total. The molecule has 1 saturated heterocycles. The summed E-state index contributed by atoms with van der Waals surface area (Å²) in [7, 11) is 0. The van der Waals surface area contributed by atoms with E-state index < -0.39 is 0 Å². The van der Waals surface area contributed by atoms with Gasteiger partial charge in [-0.1, -0.05) is 6.07 Å². The third kappa shape index (κ3) is 3.14. The van der Waals surface area contributed by atoms with Crippen LogP contribution in [0.1, 0.15) is 24.2 Å². The molecule has 0 bridgehead atoms. The Morgan fingerprint density at radius 1 is 1.22 bits per heavy atom. The molecule has 138 valence electrons. The molecule has 0 amide bonds. The predicted octanol–water partition coefficient (Wildman–Crippen LogP) is 3.63. The second kappa shape index (κ2) is 6.66. The third-order valence-corrected chi connectivity index (χ3v) is 5.28. The van der Waals surface area contributed by atoms with Crippen LogP contribution in [0, 0.1) is 12.8 Å². The van der Waals surface area contributed by atoms with Crippen LogP contribution in [-0.2, 0) is 11.2 Å². The Balaban J connectivity index is 1.42. The summed E-state index contributed by atoms with van der Waals surface area (Å²) in [5.74, 6) is 1.25. The Hall–Kier alpha value is -2.93. The molecule has 1 aliphatic heterocycles. The quantitative estimate of drug-likeness (QED) is 0.579. The lowest BCUT2D eigenvalue weighted by molar-refractivity contribution is 0.0661. The van der Waals surface area contributed by atoms with E-state index in [1.807, 2.05) is 29.6 Å². The number of hydrogen-bond acceptors (Lipinski definition) is 5. The van der Waals surface area contributed by atoms with Gasteiger partial charge in [0.15, 0.2) is 5.65 Å². The zero-order valence-electron chi connectivity index (χ0n) is 15.3. The Kier molecular flexibility index (Phi) is 4.01. The standard InChI is InChI=1S/C20H22N6O/c1-13-17-6-5-15(12-18(17)24-23-13)21-20-22-19-4-2-3-16(26(19)25-20)11-14-7-9-27-10-8-14/h2-6,12,14H,7-11H2,1H3,(H,21,25)(H,23,24). The summed E-state index contributed by atoms with van der Waals surface area (Å²) in [6.07, 6.45) is 3.22. The number of rotatable bonds is 4. The van der Waals surface area contributed by atoms with E-state index in [2.05, 4.69) is 38.7 Å². The Morgan fingerprint density at radius 3 is 3.00 bits per heavy atom. The topological polar surface area (TPSA) is 80.1 Å². The number of nitrogens with one attached hydrogen (secondary N) is 2. The van der Waals surface area contributed by atoms with Gasteiger partial charge in [0.1, 0.15) is 0 Å². The normalized spacial score (nSPS) is 15.6. The van der Waals surface area contributed by atoms with E-state index in [4.69, 9.17) is 9.84 Å². The summed E-state index contributed by atoms with van der Waals surface area (Å²) in [5.41, 5.74) is 4.98. The average molecular weight is 362 g/mol. The number of nitrogens with zero attached hydrogens (tertiary/aromatic N) is 4. The van der Waals surface area contributed by atoms with Gasteiger partial charge in [0, 0.05) is 35.7 Å². The van der Waals surface area contributed by atoms with Gasteiger partial charge in [0.2, 0.25) is 5.95 Å². The van der Waals surface area contributed by atoms with Gasteiger partial charge >= 0.3 is 0 Å². The molecule has 1 fully saturated rings. The molecule has 5 rings (SSSR count). The molecule has 7 heteroatoms. The number of aryl methyl sites for hydroxylation is 1. The fourth-order valence-electron chi connectivity index (χ4n) is 3.77. The largest absolute Gasteiger partial charge is 0.381 e. The molecule has 0 aliphatic carbocycles. The molecular weight excluding hydrogens is 340 g/mol. The minimum atomic E-state index is 0.598. The number of pyridine rings is 1. The summed E-state index contributed by atoms with van der Waals surface area (Å²) < 4.78 is 7.43. The van der Waals surface area contributed by atoms with Crippen LogP contribution in [0.4, 0.5) is 11.6 Å². The van der Waals surface area contributed by atoms with Crippen LogP contribution in [0.5, 0.6) is 0 Å². The first-order chi connectivity index (χ1) is 13.3. The fourth-order valence-corrected chi connectivity index (χ4v) is 3.77. The van der Waals surface area contributed by atoms with Gasteiger partial charge in [-0.15, -0.1) is 5.10 Å². The monoisotopic (exact) mass is 362 g/mol. The number of aromatic nitrogens is 5. The highest BCUT2D eigenvalue weighted by atomic mass is 16.5. The molecule has 0 spiro atoms. The third-order valence-electron chi connectivity index (χ3n) is 5.28. The maximum atomic E-state index is 5.48. The lowest BCUT2D eigenvalue weighted by Crippen LogP contribution is -2.18. The van der Waals surface area contributed by atoms with Gasteiger partial charge in [0.05, 0.1) is 5.52 Å². The van der Waals surface area contributed by atoms with E-state index in [-0.39, 0.29) is 0 Å². The van der Waals surface area contributed by atoms with Gasteiger partial charge in [-0.2, -0.15) is 10.1 Å². The van der Waals surface area contributed by atoms with E-state index in [1.165, 1.54) is 5.69 Å². The predicted molar refractivity (Wildman–Crippen MR) is 104 cm³/mol. The summed E-state index contributed by atoms with van der Waals surface area (Å²) in [6.45, 7) is 3.74. The number of ether oxygens (including phenoxy) is 1. The molecule has 1 aliphatic rings. The van der Waals surface area contributed by atoms with Crippen LogP contribution < -0.4 is 5.32 Å². The summed E-state index contributed by atoms with van der Waals surface area (Å²) in [4.78, 5) is 4.63. The number of H-pyrrole nitrogens is 1. The number of aromatic amines is 1. The highest BCUT2D eigenvalue weighted by Crippen LogP contribution is 2.23. The second-order valence-corrected chi connectivity index (χ2v) is 7.19. The lowest BCUT2D eigenvalue weighted by Gasteiger charge is -2.21. The second-order valence-electron chi connectivity index (χ2n) is 7.19. The molecule has 4 heterocycles. The smallest absolute Gasteiger partial charge is 0.247 e. The van der Waals surface area contributed by atoms with Gasteiger partial charge in [-0.25, -0.2) is 4.52 Å². The molecular formula is C20H22N6O.